The van der Waals surface area contributed by atoms with Gasteiger partial charge in [-0.2, -0.15) is 0 Å². The highest BCUT2D eigenvalue weighted by Gasteiger charge is 2.25. The van der Waals surface area contributed by atoms with Crippen molar-refractivity contribution in [2.45, 2.75) is 25.4 Å². The Balaban J connectivity index is 1.73. The van der Waals surface area contributed by atoms with E-state index in [1.54, 1.807) is 12.3 Å². The van der Waals surface area contributed by atoms with Crippen molar-refractivity contribution >= 4 is 5.91 Å². The van der Waals surface area contributed by atoms with Gasteiger partial charge in [0.25, 0.3) is 0 Å². The second-order valence-corrected chi connectivity index (χ2v) is 4.31. The molecule has 1 aliphatic rings. The highest BCUT2D eigenvalue weighted by Crippen LogP contribution is 2.15. The lowest BCUT2D eigenvalue weighted by atomic mass is 10.2. The third kappa shape index (κ3) is 3.31. The van der Waals surface area contributed by atoms with Crippen LogP contribution in [-0.2, 0) is 11.3 Å². The molecule has 0 aliphatic carbocycles. The number of rotatable bonds is 5. The number of likely N-dealkylation sites (tertiary alicyclic amines) is 1. The number of nitrogens with zero attached hydrogens (tertiary/aromatic N) is 1. The molecule has 1 aliphatic heterocycles. The first-order valence-electron chi connectivity index (χ1n) is 5.93. The summed E-state index contributed by atoms with van der Waals surface area (Å²) in [5.41, 5.74) is 0. The summed E-state index contributed by atoms with van der Waals surface area (Å²) in [4.78, 5) is 13.7. The molecular formula is C12H18N2O3. The zero-order valence-electron chi connectivity index (χ0n) is 9.76. The van der Waals surface area contributed by atoms with E-state index in [1.807, 2.05) is 11.0 Å². The summed E-state index contributed by atoms with van der Waals surface area (Å²) >= 11 is 0. The Morgan fingerprint density at radius 1 is 1.65 bits per heavy atom. The minimum atomic E-state index is -0.0262. The first-order chi connectivity index (χ1) is 8.29. The van der Waals surface area contributed by atoms with Crippen molar-refractivity contribution in [3.8, 4) is 0 Å². The molecule has 2 N–H and O–H groups in total. The van der Waals surface area contributed by atoms with E-state index in [9.17, 15) is 4.79 Å². The molecule has 0 bridgehead atoms. The van der Waals surface area contributed by atoms with Crippen LogP contribution in [0.25, 0.3) is 0 Å². The predicted molar refractivity (Wildman–Crippen MR) is 62.2 cm³/mol. The van der Waals surface area contributed by atoms with Gasteiger partial charge in [0, 0.05) is 6.04 Å². The van der Waals surface area contributed by atoms with E-state index in [0.717, 1.165) is 25.1 Å². The molecule has 1 atom stereocenters. The molecule has 0 spiro atoms. The van der Waals surface area contributed by atoms with Crippen molar-refractivity contribution in [3.05, 3.63) is 24.2 Å². The lowest BCUT2D eigenvalue weighted by molar-refractivity contribution is -0.122. The van der Waals surface area contributed by atoms with Crippen LogP contribution in [0.5, 0.6) is 0 Å². The molecule has 1 aromatic rings. The van der Waals surface area contributed by atoms with Gasteiger partial charge in [-0.1, -0.05) is 0 Å². The number of carbonyl (C=O) groups excluding carboxylic acids is 1. The van der Waals surface area contributed by atoms with E-state index < -0.39 is 0 Å². The Hall–Kier alpha value is -1.33. The van der Waals surface area contributed by atoms with Crippen LogP contribution in [0.3, 0.4) is 0 Å². The van der Waals surface area contributed by atoms with Gasteiger partial charge in [-0.15, -0.1) is 0 Å². The molecule has 5 heteroatoms. The number of nitrogens with one attached hydrogen (secondary N) is 1. The maximum Gasteiger partial charge on any atom is 0.234 e. The number of aliphatic hydroxyl groups excluding tert-OH is 1. The summed E-state index contributed by atoms with van der Waals surface area (Å²) in [7, 11) is 0. The van der Waals surface area contributed by atoms with E-state index in [2.05, 4.69) is 5.32 Å². The molecule has 0 aromatic carbocycles. The summed E-state index contributed by atoms with van der Waals surface area (Å²) in [6.07, 6.45) is 3.61. The molecule has 2 rings (SSSR count). The smallest absolute Gasteiger partial charge is 0.234 e. The van der Waals surface area contributed by atoms with Crippen LogP contribution in [0.15, 0.2) is 22.8 Å². The highest BCUT2D eigenvalue weighted by molar-refractivity contribution is 5.78. The topological polar surface area (TPSA) is 65.7 Å². The van der Waals surface area contributed by atoms with E-state index in [0.29, 0.717) is 13.1 Å². The second kappa shape index (κ2) is 5.84. The molecule has 1 aromatic heterocycles. The van der Waals surface area contributed by atoms with Crippen molar-refractivity contribution < 1.29 is 14.3 Å². The van der Waals surface area contributed by atoms with E-state index in [1.165, 1.54) is 0 Å². The van der Waals surface area contributed by atoms with Gasteiger partial charge < -0.3 is 14.8 Å². The zero-order chi connectivity index (χ0) is 12.1. The Kier molecular flexibility index (Phi) is 4.17. The summed E-state index contributed by atoms with van der Waals surface area (Å²) in [5.74, 6) is 0.722. The average Bonchev–Trinajstić information content (AvgIpc) is 2.97. The number of hydrogen-bond acceptors (Lipinski definition) is 4. The lowest BCUT2D eigenvalue weighted by Crippen LogP contribution is -2.40. The average molecular weight is 238 g/mol. The Bertz CT molecular complexity index is 351. The maximum atomic E-state index is 11.7. The molecule has 1 amide bonds. The second-order valence-electron chi connectivity index (χ2n) is 4.31. The number of furan rings is 1. The van der Waals surface area contributed by atoms with Gasteiger partial charge in [-0.3, -0.25) is 9.69 Å². The fraction of sp³-hybridized carbons (Fsp3) is 0.583. The number of carbonyl (C=O) groups is 1. The van der Waals surface area contributed by atoms with Crippen molar-refractivity contribution in [1.82, 2.24) is 10.2 Å². The summed E-state index contributed by atoms with van der Waals surface area (Å²) < 4.78 is 5.13. The number of aliphatic hydroxyl groups is 1. The SMILES string of the molecule is O=C(CN1CCCC1CO)NCc1ccco1. The molecule has 1 fully saturated rings. The Morgan fingerprint density at radius 2 is 2.53 bits per heavy atom. The summed E-state index contributed by atoms with van der Waals surface area (Å²) in [6.45, 7) is 1.79. The van der Waals surface area contributed by atoms with Crippen LogP contribution in [0.4, 0.5) is 0 Å². The van der Waals surface area contributed by atoms with Gasteiger partial charge in [-0.05, 0) is 31.5 Å². The number of amides is 1. The van der Waals surface area contributed by atoms with Crippen LogP contribution in [0.1, 0.15) is 18.6 Å². The monoisotopic (exact) mass is 238 g/mol. The van der Waals surface area contributed by atoms with Gasteiger partial charge in [0.05, 0.1) is 26.0 Å². The summed E-state index contributed by atoms with van der Waals surface area (Å²) in [6, 6.07) is 3.76. The number of hydrogen-bond donors (Lipinski definition) is 2. The molecule has 0 saturated carbocycles. The quantitative estimate of drug-likeness (QED) is 0.777. The van der Waals surface area contributed by atoms with Gasteiger partial charge in [0.15, 0.2) is 0 Å². The van der Waals surface area contributed by atoms with E-state index in [-0.39, 0.29) is 18.6 Å². The Labute approximate surface area is 100 Å². The standard InChI is InChI=1S/C12H18N2O3/c15-9-10-3-1-5-14(10)8-12(16)13-7-11-4-2-6-17-11/h2,4,6,10,15H,1,3,5,7-9H2,(H,13,16). The predicted octanol–water partition coefficient (Wildman–Crippen LogP) is 0.353. The molecular weight excluding hydrogens is 220 g/mol. The molecule has 2 heterocycles. The minimum absolute atomic E-state index is 0.0262. The van der Waals surface area contributed by atoms with Crippen LogP contribution < -0.4 is 5.32 Å². The maximum absolute atomic E-state index is 11.7. The van der Waals surface area contributed by atoms with Crippen molar-refractivity contribution in [2.24, 2.45) is 0 Å². The molecule has 1 saturated heterocycles. The first kappa shape index (κ1) is 12.1. The van der Waals surface area contributed by atoms with Gasteiger partial charge >= 0.3 is 0 Å². The van der Waals surface area contributed by atoms with Crippen LogP contribution in [0.2, 0.25) is 0 Å². The largest absolute Gasteiger partial charge is 0.467 e. The zero-order valence-corrected chi connectivity index (χ0v) is 9.76. The Morgan fingerprint density at radius 3 is 3.24 bits per heavy atom. The van der Waals surface area contributed by atoms with Gasteiger partial charge in [0.1, 0.15) is 5.76 Å². The molecule has 94 valence electrons. The minimum Gasteiger partial charge on any atom is -0.467 e. The van der Waals surface area contributed by atoms with E-state index in [4.69, 9.17) is 9.52 Å². The van der Waals surface area contributed by atoms with Gasteiger partial charge in [-0.25, -0.2) is 0 Å². The summed E-state index contributed by atoms with van der Waals surface area (Å²) in [5, 5.41) is 11.9. The van der Waals surface area contributed by atoms with Crippen LogP contribution in [-0.4, -0.2) is 41.7 Å². The fourth-order valence-electron chi connectivity index (χ4n) is 2.15. The van der Waals surface area contributed by atoms with Crippen LogP contribution >= 0.6 is 0 Å². The lowest BCUT2D eigenvalue weighted by Gasteiger charge is -2.21. The van der Waals surface area contributed by atoms with Crippen molar-refractivity contribution in [1.29, 1.82) is 0 Å². The first-order valence-corrected chi connectivity index (χ1v) is 5.93. The molecule has 5 nitrogen and oxygen atoms in total. The van der Waals surface area contributed by atoms with Gasteiger partial charge in [0.2, 0.25) is 5.91 Å². The van der Waals surface area contributed by atoms with Crippen molar-refractivity contribution in [3.63, 3.8) is 0 Å². The van der Waals surface area contributed by atoms with E-state index >= 15 is 0 Å². The normalized spacial score (nSPS) is 20.6. The fourth-order valence-corrected chi connectivity index (χ4v) is 2.15. The molecule has 0 radical (unpaired) electrons. The highest BCUT2D eigenvalue weighted by atomic mass is 16.3. The molecule has 17 heavy (non-hydrogen) atoms. The third-order valence-corrected chi connectivity index (χ3v) is 3.10. The van der Waals surface area contributed by atoms with Crippen LogP contribution in [0, 0.1) is 0 Å². The molecule has 1 unspecified atom stereocenters. The van der Waals surface area contributed by atoms with Crippen molar-refractivity contribution in [2.75, 3.05) is 19.7 Å². The third-order valence-electron chi connectivity index (χ3n) is 3.10.